The Bertz CT molecular complexity index is 1340. The average Bonchev–Trinajstić information content (AvgIpc) is 3.52. The lowest BCUT2D eigenvalue weighted by Crippen LogP contribution is -2.44. The van der Waals surface area contributed by atoms with Crippen LogP contribution in [-0.2, 0) is 22.3 Å². The van der Waals surface area contributed by atoms with Crippen molar-refractivity contribution in [2.45, 2.75) is 37.8 Å². The van der Waals surface area contributed by atoms with Crippen molar-refractivity contribution in [2.75, 3.05) is 19.7 Å². The molecule has 3 saturated heterocycles. The van der Waals surface area contributed by atoms with Crippen LogP contribution in [0.15, 0.2) is 59.9 Å². The van der Waals surface area contributed by atoms with Gasteiger partial charge in [0.05, 0.1) is 35.9 Å². The van der Waals surface area contributed by atoms with E-state index in [2.05, 4.69) is 16.5 Å². The summed E-state index contributed by atoms with van der Waals surface area (Å²) in [6.07, 6.45) is -3.46. The molecule has 2 bridgehead atoms. The number of rotatable bonds is 4. The third-order valence-corrected chi connectivity index (χ3v) is 6.72. The van der Waals surface area contributed by atoms with Crippen molar-refractivity contribution in [1.29, 1.82) is 5.26 Å². The van der Waals surface area contributed by atoms with Gasteiger partial charge in [-0.3, -0.25) is 4.90 Å². The number of carbonyl (C=O) groups excluding carboxylic acids is 1. The lowest BCUT2D eigenvalue weighted by atomic mass is 10.0. The Hall–Kier alpha value is -4.04. The standard InChI is InChI=1S/C26H23F3N4O4/c1-16(31-24(34)32-14-25-10-22(36-15-25)12-33(25)17(32)2)35-13-18-6-7-23(19(8-18)11-30)37-21-5-3-4-20(9-21)26(27,28)29/h3-9,22H,2,10,12-15H2,1H3/t22-,25+/m0/s1. The molecule has 192 valence electrons. The zero-order valence-corrected chi connectivity index (χ0v) is 19.9. The maximum atomic E-state index is 13.0. The first-order valence-electron chi connectivity index (χ1n) is 11.5. The Morgan fingerprint density at radius 2 is 2.14 bits per heavy atom. The molecule has 0 aliphatic carbocycles. The number of hydrogen-bond acceptors (Lipinski definition) is 6. The minimum atomic E-state index is -4.51. The molecule has 2 atom stereocenters. The maximum Gasteiger partial charge on any atom is 0.416 e. The van der Waals surface area contributed by atoms with Crippen LogP contribution in [0.3, 0.4) is 0 Å². The molecule has 2 aromatic rings. The molecule has 1 spiro atoms. The largest absolute Gasteiger partial charge is 0.476 e. The second kappa shape index (κ2) is 9.12. The molecule has 5 rings (SSSR count). The highest BCUT2D eigenvalue weighted by Gasteiger charge is 2.58. The fourth-order valence-electron chi connectivity index (χ4n) is 4.92. The molecule has 0 aromatic heterocycles. The van der Waals surface area contributed by atoms with Gasteiger partial charge in [0, 0.05) is 19.9 Å². The summed E-state index contributed by atoms with van der Waals surface area (Å²) in [6, 6.07) is 10.5. The van der Waals surface area contributed by atoms with Crippen LogP contribution >= 0.6 is 0 Å². The Labute approximate surface area is 211 Å². The number of carbonyl (C=O) groups is 1. The number of morpholine rings is 1. The number of urea groups is 1. The van der Waals surface area contributed by atoms with E-state index < -0.39 is 17.8 Å². The summed E-state index contributed by atoms with van der Waals surface area (Å²) >= 11 is 0. The van der Waals surface area contributed by atoms with Crippen LogP contribution in [0.5, 0.6) is 11.5 Å². The number of amides is 2. The van der Waals surface area contributed by atoms with E-state index in [9.17, 15) is 23.2 Å². The fraction of sp³-hybridized carbons (Fsp3) is 0.346. The number of ether oxygens (including phenoxy) is 3. The number of fused-ring (bicyclic) bond motifs is 1. The molecule has 3 aliphatic rings. The Balaban J connectivity index is 1.21. The average molecular weight is 512 g/mol. The van der Waals surface area contributed by atoms with E-state index in [4.69, 9.17) is 14.2 Å². The second-order valence-electron chi connectivity index (χ2n) is 9.25. The van der Waals surface area contributed by atoms with Gasteiger partial charge in [-0.1, -0.05) is 18.7 Å². The molecule has 0 saturated carbocycles. The first kappa shape index (κ1) is 24.6. The van der Waals surface area contributed by atoms with E-state index in [1.165, 1.54) is 29.2 Å². The van der Waals surface area contributed by atoms with Gasteiger partial charge in [-0.05, 0) is 35.9 Å². The van der Waals surface area contributed by atoms with Crippen molar-refractivity contribution in [3.63, 3.8) is 0 Å². The smallest absolute Gasteiger partial charge is 0.416 e. The van der Waals surface area contributed by atoms with Crippen LogP contribution in [0.2, 0.25) is 0 Å². The van der Waals surface area contributed by atoms with Crippen LogP contribution in [0, 0.1) is 11.3 Å². The van der Waals surface area contributed by atoms with Gasteiger partial charge in [0.25, 0.3) is 0 Å². The van der Waals surface area contributed by atoms with Crippen molar-refractivity contribution >= 4 is 11.9 Å². The highest BCUT2D eigenvalue weighted by Crippen LogP contribution is 2.46. The first-order valence-corrected chi connectivity index (χ1v) is 11.5. The van der Waals surface area contributed by atoms with Gasteiger partial charge in [0.15, 0.2) is 5.90 Å². The third-order valence-electron chi connectivity index (χ3n) is 6.72. The van der Waals surface area contributed by atoms with Gasteiger partial charge >= 0.3 is 12.2 Å². The molecule has 3 aliphatic heterocycles. The summed E-state index contributed by atoms with van der Waals surface area (Å²) in [5, 5.41) is 9.51. The molecular formula is C26H23F3N4O4. The van der Waals surface area contributed by atoms with Gasteiger partial charge in [0.2, 0.25) is 0 Å². The molecule has 2 aromatic carbocycles. The molecular weight excluding hydrogens is 489 g/mol. The predicted molar refractivity (Wildman–Crippen MR) is 126 cm³/mol. The predicted octanol–water partition coefficient (Wildman–Crippen LogP) is 5.05. The van der Waals surface area contributed by atoms with Gasteiger partial charge in [-0.15, -0.1) is 0 Å². The van der Waals surface area contributed by atoms with Crippen molar-refractivity contribution < 1.29 is 32.2 Å². The molecule has 0 N–H and O–H groups in total. The molecule has 3 heterocycles. The number of aliphatic imine (C=N–C) groups is 1. The van der Waals surface area contributed by atoms with E-state index in [0.717, 1.165) is 25.1 Å². The van der Waals surface area contributed by atoms with Crippen molar-refractivity contribution in [3.05, 3.63) is 71.6 Å². The summed E-state index contributed by atoms with van der Waals surface area (Å²) < 4.78 is 55.8. The zero-order chi connectivity index (χ0) is 26.4. The first-order chi connectivity index (χ1) is 17.6. The Kier molecular flexibility index (Phi) is 6.07. The quantitative estimate of drug-likeness (QED) is 0.421. The van der Waals surface area contributed by atoms with Crippen LogP contribution in [-0.4, -0.2) is 53.1 Å². The lowest BCUT2D eigenvalue weighted by Gasteiger charge is -2.31. The minimum absolute atomic E-state index is 0.0215. The number of halogens is 3. The molecule has 37 heavy (non-hydrogen) atoms. The topological polar surface area (TPSA) is 87.4 Å². The normalized spacial score (nSPS) is 22.7. The van der Waals surface area contributed by atoms with Gasteiger partial charge in [-0.2, -0.15) is 23.4 Å². The summed E-state index contributed by atoms with van der Waals surface area (Å²) in [5.41, 5.74) is -0.354. The maximum absolute atomic E-state index is 13.0. The number of nitrogens with zero attached hydrogens (tertiary/aromatic N) is 4. The molecule has 3 fully saturated rings. The van der Waals surface area contributed by atoms with Gasteiger partial charge in [0.1, 0.15) is 30.0 Å². The van der Waals surface area contributed by atoms with Crippen LogP contribution < -0.4 is 4.74 Å². The van der Waals surface area contributed by atoms with E-state index in [-0.39, 0.29) is 41.2 Å². The monoisotopic (exact) mass is 512 g/mol. The number of alkyl halides is 3. The second-order valence-corrected chi connectivity index (χ2v) is 9.25. The summed E-state index contributed by atoms with van der Waals surface area (Å²) in [5.74, 6) is 0.824. The molecule has 0 unspecified atom stereocenters. The van der Waals surface area contributed by atoms with E-state index in [1.807, 2.05) is 6.07 Å². The summed E-state index contributed by atoms with van der Waals surface area (Å²) in [6.45, 7) is 7.38. The van der Waals surface area contributed by atoms with E-state index in [1.54, 1.807) is 13.0 Å². The van der Waals surface area contributed by atoms with E-state index >= 15 is 0 Å². The minimum Gasteiger partial charge on any atom is -0.476 e. The molecule has 11 heteroatoms. The third kappa shape index (κ3) is 4.72. The Morgan fingerprint density at radius 1 is 1.32 bits per heavy atom. The molecule has 8 nitrogen and oxygen atoms in total. The van der Waals surface area contributed by atoms with Crippen molar-refractivity contribution in [2.24, 2.45) is 4.99 Å². The number of nitriles is 1. The number of hydrogen-bond donors (Lipinski definition) is 0. The van der Waals surface area contributed by atoms with Crippen LogP contribution in [0.4, 0.5) is 18.0 Å². The summed E-state index contributed by atoms with van der Waals surface area (Å²) in [4.78, 5) is 20.5. The van der Waals surface area contributed by atoms with Crippen LogP contribution in [0.1, 0.15) is 30.0 Å². The van der Waals surface area contributed by atoms with Crippen molar-refractivity contribution in [1.82, 2.24) is 9.80 Å². The van der Waals surface area contributed by atoms with Gasteiger partial charge < -0.3 is 19.1 Å². The van der Waals surface area contributed by atoms with Gasteiger partial charge in [-0.25, -0.2) is 4.79 Å². The molecule has 0 radical (unpaired) electrons. The zero-order valence-electron chi connectivity index (χ0n) is 19.9. The SMILES string of the molecule is C=C1N(C(=O)N=C(C)OCc2ccc(Oc3cccc(C(F)(F)F)c3)c(C#N)c2)C[C@]23CO[C@H](CN12)C3. The fourth-order valence-corrected chi connectivity index (χ4v) is 4.92. The highest BCUT2D eigenvalue weighted by atomic mass is 19.4. The lowest BCUT2D eigenvalue weighted by molar-refractivity contribution is -0.137. The molecule has 2 amide bonds. The Morgan fingerprint density at radius 3 is 2.84 bits per heavy atom. The van der Waals surface area contributed by atoms with Crippen LogP contribution in [0.25, 0.3) is 0 Å². The van der Waals surface area contributed by atoms with E-state index in [0.29, 0.717) is 24.5 Å². The summed E-state index contributed by atoms with van der Waals surface area (Å²) in [7, 11) is 0. The number of benzene rings is 2. The highest BCUT2D eigenvalue weighted by molar-refractivity contribution is 5.90. The van der Waals surface area contributed by atoms with Crippen molar-refractivity contribution in [3.8, 4) is 17.6 Å².